The van der Waals surface area contributed by atoms with Gasteiger partial charge in [-0.05, 0) is 48.1 Å². The molecule has 3 aromatic rings. The second-order valence-corrected chi connectivity index (χ2v) is 7.28. The zero-order valence-electron chi connectivity index (χ0n) is 14.8. The largest absolute Gasteiger partial charge is 0.481 e. The van der Waals surface area contributed by atoms with Gasteiger partial charge in [0.15, 0.2) is 5.82 Å². The standard InChI is InChI=1S/C22H19ClN2O2/c23-17-4-1-3-16(13-17)22-24-19-6-2-5-18(19)20(25-22)11-14-7-9-15(10-8-14)12-21(26)27/h1,3-4,7-10,13H,2,5-6,11-12H2,(H,26,27). The Balaban J connectivity index is 1.67. The molecule has 0 atom stereocenters. The van der Waals surface area contributed by atoms with Gasteiger partial charge in [0.05, 0.1) is 12.1 Å². The van der Waals surface area contributed by atoms with Gasteiger partial charge in [0.25, 0.3) is 0 Å². The Hall–Kier alpha value is -2.72. The first kappa shape index (κ1) is 17.7. The fraction of sp³-hybridized carbons (Fsp3) is 0.227. The minimum atomic E-state index is -0.817. The first-order chi connectivity index (χ1) is 13.1. The van der Waals surface area contributed by atoms with Crippen molar-refractivity contribution in [3.63, 3.8) is 0 Å². The number of aromatic nitrogens is 2. The molecule has 1 N–H and O–H groups in total. The van der Waals surface area contributed by atoms with Crippen LogP contribution in [0.1, 0.15) is 34.5 Å². The summed E-state index contributed by atoms with van der Waals surface area (Å²) in [6.45, 7) is 0. The van der Waals surface area contributed by atoms with E-state index in [0.29, 0.717) is 11.4 Å². The van der Waals surface area contributed by atoms with Gasteiger partial charge in [-0.15, -0.1) is 0 Å². The summed E-state index contributed by atoms with van der Waals surface area (Å²) in [5, 5.41) is 9.58. The Kier molecular flexibility index (Phi) is 4.90. The molecule has 0 amide bonds. The molecule has 2 aromatic carbocycles. The van der Waals surface area contributed by atoms with Gasteiger partial charge < -0.3 is 5.11 Å². The van der Waals surface area contributed by atoms with E-state index < -0.39 is 5.97 Å². The van der Waals surface area contributed by atoms with Crippen LogP contribution in [-0.2, 0) is 30.5 Å². The average molecular weight is 379 g/mol. The van der Waals surface area contributed by atoms with Crippen molar-refractivity contribution in [3.05, 3.63) is 81.6 Å². The van der Waals surface area contributed by atoms with Crippen molar-refractivity contribution in [2.24, 2.45) is 0 Å². The van der Waals surface area contributed by atoms with Crippen molar-refractivity contribution in [1.82, 2.24) is 9.97 Å². The van der Waals surface area contributed by atoms with Crippen molar-refractivity contribution in [2.75, 3.05) is 0 Å². The Labute approximate surface area is 162 Å². The number of rotatable bonds is 5. The molecule has 0 saturated heterocycles. The summed E-state index contributed by atoms with van der Waals surface area (Å²) in [6, 6.07) is 15.4. The minimum absolute atomic E-state index is 0.0437. The van der Waals surface area contributed by atoms with E-state index in [0.717, 1.165) is 53.2 Å². The van der Waals surface area contributed by atoms with Crippen molar-refractivity contribution in [1.29, 1.82) is 0 Å². The summed E-state index contributed by atoms with van der Waals surface area (Å²) >= 11 is 6.14. The van der Waals surface area contributed by atoms with Gasteiger partial charge >= 0.3 is 5.97 Å². The van der Waals surface area contributed by atoms with Crippen LogP contribution in [0, 0.1) is 0 Å². The molecular weight excluding hydrogens is 360 g/mol. The number of aryl methyl sites for hydroxylation is 1. The summed E-state index contributed by atoms with van der Waals surface area (Å²) in [7, 11) is 0. The number of benzene rings is 2. The maximum atomic E-state index is 10.8. The highest BCUT2D eigenvalue weighted by molar-refractivity contribution is 6.30. The maximum absolute atomic E-state index is 10.8. The quantitative estimate of drug-likeness (QED) is 0.709. The first-order valence-corrected chi connectivity index (χ1v) is 9.40. The molecule has 0 aliphatic heterocycles. The zero-order valence-corrected chi connectivity index (χ0v) is 15.5. The number of carboxylic acid groups (broad SMARTS) is 1. The number of halogens is 1. The monoisotopic (exact) mass is 378 g/mol. The van der Waals surface area contributed by atoms with Crippen molar-refractivity contribution < 1.29 is 9.90 Å². The number of hydrogen-bond acceptors (Lipinski definition) is 3. The number of carboxylic acids is 1. The van der Waals surface area contributed by atoms with Crippen LogP contribution in [0.2, 0.25) is 5.02 Å². The molecule has 1 aliphatic rings. The molecule has 0 fully saturated rings. The van der Waals surface area contributed by atoms with Crippen molar-refractivity contribution >= 4 is 17.6 Å². The molecule has 4 rings (SSSR count). The molecule has 0 spiro atoms. The second-order valence-electron chi connectivity index (χ2n) is 6.85. The molecule has 1 aromatic heterocycles. The van der Waals surface area contributed by atoms with Gasteiger partial charge in [0.2, 0.25) is 0 Å². The fourth-order valence-corrected chi connectivity index (χ4v) is 3.75. The minimum Gasteiger partial charge on any atom is -0.481 e. The first-order valence-electron chi connectivity index (χ1n) is 9.03. The molecule has 1 aliphatic carbocycles. The number of fused-ring (bicyclic) bond motifs is 1. The Morgan fingerprint density at radius 3 is 2.56 bits per heavy atom. The lowest BCUT2D eigenvalue weighted by Crippen LogP contribution is -2.05. The lowest BCUT2D eigenvalue weighted by atomic mass is 10.0. The van der Waals surface area contributed by atoms with E-state index in [1.165, 1.54) is 5.56 Å². The van der Waals surface area contributed by atoms with E-state index in [4.69, 9.17) is 26.7 Å². The van der Waals surface area contributed by atoms with E-state index in [-0.39, 0.29) is 6.42 Å². The summed E-state index contributed by atoms with van der Waals surface area (Å²) in [5.41, 5.74) is 6.30. The highest BCUT2D eigenvalue weighted by atomic mass is 35.5. The van der Waals surface area contributed by atoms with Crippen LogP contribution >= 0.6 is 11.6 Å². The Morgan fingerprint density at radius 1 is 1.04 bits per heavy atom. The Morgan fingerprint density at radius 2 is 1.81 bits per heavy atom. The molecule has 27 heavy (non-hydrogen) atoms. The van der Waals surface area contributed by atoms with Crippen LogP contribution in [-0.4, -0.2) is 21.0 Å². The fourth-order valence-electron chi connectivity index (χ4n) is 3.56. The Bertz CT molecular complexity index is 1000. The van der Waals surface area contributed by atoms with Crippen LogP contribution in [0.3, 0.4) is 0 Å². The van der Waals surface area contributed by atoms with E-state index in [2.05, 4.69) is 0 Å². The van der Waals surface area contributed by atoms with E-state index in [1.807, 2.05) is 48.5 Å². The van der Waals surface area contributed by atoms with Gasteiger partial charge in [-0.25, -0.2) is 9.97 Å². The topological polar surface area (TPSA) is 63.1 Å². The normalized spacial score (nSPS) is 12.8. The van der Waals surface area contributed by atoms with Crippen LogP contribution in [0.25, 0.3) is 11.4 Å². The molecule has 1 heterocycles. The smallest absolute Gasteiger partial charge is 0.307 e. The second kappa shape index (κ2) is 7.49. The van der Waals surface area contributed by atoms with Gasteiger partial charge in [-0.3, -0.25) is 4.79 Å². The highest BCUT2D eigenvalue weighted by Crippen LogP contribution is 2.28. The van der Waals surface area contributed by atoms with Crippen LogP contribution < -0.4 is 0 Å². The predicted octanol–water partition coefficient (Wildman–Crippen LogP) is 4.50. The number of carbonyl (C=O) groups is 1. The van der Waals surface area contributed by atoms with Crippen LogP contribution in [0.4, 0.5) is 0 Å². The van der Waals surface area contributed by atoms with E-state index in [1.54, 1.807) is 0 Å². The van der Waals surface area contributed by atoms with Gasteiger partial charge in [0.1, 0.15) is 0 Å². The SMILES string of the molecule is O=C(O)Cc1ccc(Cc2nc(-c3cccc(Cl)c3)nc3c2CCC3)cc1. The third kappa shape index (κ3) is 4.01. The number of nitrogens with zero attached hydrogens (tertiary/aromatic N) is 2. The zero-order chi connectivity index (χ0) is 18.8. The van der Waals surface area contributed by atoms with Crippen LogP contribution in [0.5, 0.6) is 0 Å². The molecule has 0 unspecified atom stereocenters. The van der Waals surface area contributed by atoms with Gasteiger partial charge in [-0.1, -0.05) is 48.0 Å². The molecule has 0 saturated carbocycles. The third-order valence-corrected chi connectivity index (χ3v) is 5.09. The average Bonchev–Trinajstić information content (AvgIpc) is 3.12. The number of hydrogen-bond donors (Lipinski definition) is 1. The summed E-state index contributed by atoms with van der Waals surface area (Å²) < 4.78 is 0. The molecule has 4 nitrogen and oxygen atoms in total. The number of aliphatic carboxylic acids is 1. The third-order valence-electron chi connectivity index (χ3n) is 4.85. The van der Waals surface area contributed by atoms with E-state index >= 15 is 0 Å². The molecule has 136 valence electrons. The van der Waals surface area contributed by atoms with Crippen molar-refractivity contribution in [2.45, 2.75) is 32.1 Å². The maximum Gasteiger partial charge on any atom is 0.307 e. The lowest BCUT2D eigenvalue weighted by molar-refractivity contribution is -0.136. The van der Waals surface area contributed by atoms with Gasteiger partial charge in [0, 0.05) is 22.7 Å². The molecule has 0 bridgehead atoms. The van der Waals surface area contributed by atoms with E-state index in [9.17, 15) is 4.79 Å². The summed E-state index contributed by atoms with van der Waals surface area (Å²) in [4.78, 5) is 20.5. The van der Waals surface area contributed by atoms with Gasteiger partial charge in [-0.2, -0.15) is 0 Å². The van der Waals surface area contributed by atoms with Crippen LogP contribution in [0.15, 0.2) is 48.5 Å². The molecular formula is C22H19ClN2O2. The van der Waals surface area contributed by atoms with Crippen molar-refractivity contribution in [3.8, 4) is 11.4 Å². The lowest BCUT2D eigenvalue weighted by Gasteiger charge is -2.11. The molecule has 5 heteroatoms. The summed E-state index contributed by atoms with van der Waals surface area (Å²) in [5.74, 6) is -0.0989. The summed E-state index contributed by atoms with van der Waals surface area (Å²) in [6.07, 6.45) is 3.86. The predicted molar refractivity (Wildman–Crippen MR) is 105 cm³/mol. The highest BCUT2D eigenvalue weighted by Gasteiger charge is 2.20. The molecule has 0 radical (unpaired) electrons.